The fourth-order valence-corrected chi connectivity index (χ4v) is 3.98. The van der Waals surface area contributed by atoms with Crippen molar-refractivity contribution in [2.45, 2.75) is 32.3 Å². The summed E-state index contributed by atoms with van der Waals surface area (Å²) in [5.41, 5.74) is 0.847. The second kappa shape index (κ2) is 8.84. The van der Waals surface area contributed by atoms with Crippen molar-refractivity contribution in [3.05, 3.63) is 23.8 Å². The van der Waals surface area contributed by atoms with Gasteiger partial charge in [0.25, 0.3) is 10.0 Å². The third kappa shape index (κ3) is 4.97. The topological polar surface area (TPSA) is 114 Å². The molecule has 0 atom stereocenters. The highest BCUT2D eigenvalue weighted by Crippen LogP contribution is 2.16. The van der Waals surface area contributed by atoms with E-state index in [1.54, 1.807) is 17.7 Å². The first kappa shape index (κ1) is 20.5. The zero-order chi connectivity index (χ0) is 20.1. The van der Waals surface area contributed by atoms with Crippen LogP contribution >= 0.6 is 0 Å². The SMILES string of the molecule is CCn1cc(S(=O)(=O)NCCNc2nc(C)cc(N3CCOCC3)n2)nc1C. The summed E-state index contributed by atoms with van der Waals surface area (Å²) in [6, 6.07) is 1.94. The molecule has 3 heterocycles. The molecule has 2 aromatic rings. The van der Waals surface area contributed by atoms with Crippen LogP contribution in [0.5, 0.6) is 0 Å². The van der Waals surface area contributed by atoms with Gasteiger partial charge in [0, 0.05) is 50.7 Å². The number of morpholine rings is 1. The van der Waals surface area contributed by atoms with Crippen molar-refractivity contribution in [2.75, 3.05) is 49.6 Å². The molecule has 1 saturated heterocycles. The number of imidazole rings is 1. The van der Waals surface area contributed by atoms with Crippen LogP contribution in [0, 0.1) is 13.8 Å². The predicted octanol–water partition coefficient (Wildman–Crippen LogP) is 0.537. The molecule has 28 heavy (non-hydrogen) atoms. The summed E-state index contributed by atoms with van der Waals surface area (Å²) in [7, 11) is -3.64. The number of aromatic nitrogens is 4. The Morgan fingerprint density at radius 2 is 1.89 bits per heavy atom. The molecular weight excluding hydrogens is 382 g/mol. The van der Waals surface area contributed by atoms with Gasteiger partial charge in [0.05, 0.1) is 13.2 Å². The number of aryl methyl sites for hydroxylation is 3. The lowest BCUT2D eigenvalue weighted by Gasteiger charge is -2.28. The van der Waals surface area contributed by atoms with E-state index in [2.05, 4.69) is 29.9 Å². The van der Waals surface area contributed by atoms with Gasteiger partial charge in [-0.25, -0.2) is 23.1 Å². The largest absolute Gasteiger partial charge is 0.378 e. The lowest BCUT2D eigenvalue weighted by molar-refractivity contribution is 0.122. The van der Waals surface area contributed by atoms with Crippen molar-refractivity contribution in [3.63, 3.8) is 0 Å². The number of nitrogens with one attached hydrogen (secondary N) is 2. The van der Waals surface area contributed by atoms with Crippen LogP contribution in [0.2, 0.25) is 0 Å². The molecule has 11 heteroatoms. The molecule has 1 aliphatic rings. The molecule has 0 bridgehead atoms. The van der Waals surface area contributed by atoms with Crippen molar-refractivity contribution < 1.29 is 13.2 Å². The maximum atomic E-state index is 12.4. The summed E-state index contributed by atoms with van der Waals surface area (Å²) in [4.78, 5) is 15.2. The molecule has 1 fully saturated rings. The van der Waals surface area contributed by atoms with Crippen LogP contribution < -0.4 is 14.9 Å². The molecule has 2 aromatic heterocycles. The number of sulfonamides is 1. The van der Waals surface area contributed by atoms with Gasteiger partial charge in [-0.05, 0) is 20.8 Å². The Morgan fingerprint density at radius 3 is 2.57 bits per heavy atom. The van der Waals surface area contributed by atoms with Crippen LogP contribution in [-0.4, -0.2) is 67.3 Å². The molecule has 0 saturated carbocycles. The Bertz CT molecular complexity index is 907. The van der Waals surface area contributed by atoms with Crippen LogP contribution in [-0.2, 0) is 21.3 Å². The van der Waals surface area contributed by atoms with Crippen LogP contribution in [0.25, 0.3) is 0 Å². The number of hydrogen-bond acceptors (Lipinski definition) is 8. The van der Waals surface area contributed by atoms with E-state index in [0.717, 1.165) is 24.6 Å². The normalized spacial score (nSPS) is 15.0. The van der Waals surface area contributed by atoms with Crippen LogP contribution in [0.15, 0.2) is 17.3 Å². The summed E-state index contributed by atoms with van der Waals surface area (Å²) in [5, 5.41) is 3.12. The van der Waals surface area contributed by atoms with Crippen molar-refractivity contribution in [3.8, 4) is 0 Å². The first-order valence-corrected chi connectivity index (χ1v) is 10.8. The Labute approximate surface area is 165 Å². The fourth-order valence-electron chi connectivity index (χ4n) is 2.95. The molecule has 0 spiro atoms. The van der Waals surface area contributed by atoms with Crippen LogP contribution in [0.3, 0.4) is 0 Å². The quantitative estimate of drug-likeness (QED) is 0.607. The van der Waals surface area contributed by atoms with E-state index in [9.17, 15) is 8.42 Å². The van der Waals surface area contributed by atoms with Gasteiger partial charge in [0.2, 0.25) is 5.95 Å². The van der Waals surface area contributed by atoms with Gasteiger partial charge in [-0.3, -0.25) is 0 Å². The third-order valence-electron chi connectivity index (χ3n) is 4.45. The smallest absolute Gasteiger partial charge is 0.259 e. The molecule has 154 valence electrons. The fraction of sp³-hybridized carbons (Fsp3) is 0.588. The Balaban J connectivity index is 1.56. The molecule has 0 unspecified atom stereocenters. The molecule has 10 nitrogen and oxygen atoms in total. The summed E-state index contributed by atoms with van der Waals surface area (Å²) in [5.74, 6) is 2.00. The maximum absolute atomic E-state index is 12.4. The number of anilines is 2. The lowest BCUT2D eigenvalue weighted by atomic mass is 10.3. The number of nitrogens with zero attached hydrogens (tertiary/aromatic N) is 5. The monoisotopic (exact) mass is 409 g/mol. The lowest BCUT2D eigenvalue weighted by Crippen LogP contribution is -2.37. The second-order valence-corrected chi connectivity index (χ2v) is 8.24. The maximum Gasteiger partial charge on any atom is 0.259 e. The van der Waals surface area contributed by atoms with E-state index in [1.165, 1.54) is 0 Å². The molecule has 2 N–H and O–H groups in total. The Hall–Kier alpha value is -2.24. The highest BCUT2D eigenvalue weighted by atomic mass is 32.2. The van der Waals surface area contributed by atoms with E-state index in [0.29, 0.717) is 38.1 Å². The molecule has 0 amide bonds. The first-order valence-electron chi connectivity index (χ1n) is 9.34. The molecule has 0 radical (unpaired) electrons. The minimum absolute atomic E-state index is 0.0354. The first-order chi connectivity index (χ1) is 13.4. The van der Waals surface area contributed by atoms with Gasteiger partial charge >= 0.3 is 0 Å². The molecule has 3 rings (SSSR count). The number of hydrogen-bond donors (Lipinski definition) is 2. The van der Waals surface area contributed by atoms with Gasteiger partial charge in [0.1, 0.15) is 11.6 Å². The van der Waals surface area contributed by atoms with Gasteiger partial charge < -0.3 is 19.5 Å². The van der Waals surface area contributed by atoms with E-state index in [4.69, 9.17) is 4.74 Å². The highest BCUT2D eigenvalue weighted by Gasteiger charge is 2.18. The van der Waals surface area contributed by atoms with Crippen LogP contribution in [0.1, 0.15) is 18.4 Å². The van der Waals surface area contributed by atoms with Gasteiger partial charge in [0.15, 0.2) is 5.03 Å². The van der Waals surface area contributed by atoms with E-state index < -0.39 is 10.0 Å². The molecule has 0 aliphatic carbocycles. The van der Waals surface area contributed by atoms with Crippen molar-refractivity contribution in [2.24, 2.45) is 0 Å². The summed E-state index contributed by atoms with van der Waals surface area (Å²) in [6.45, 7) is 9.81. The Morgan fingerprint density at radius 1 is 1.14 bits per heavy atom. The van der Waals surface area contributed by atoms with Crippen LogP contribution in [0.4, 0.5) is 11.8 Å². The zero-order valence-electron chi connectivity index (χ0n) is 16.5. The van der Waals surface area contributed by atoms with Gasteiger partial charge in [-0.15, -0.1) is 0 Å². The van der Waals surface area contributed by atoms with Gasteiger partial charge in [-0.2, -0.15) is 4.98 Å². The highest BCUT2D eigenvalue weighted by molar-refractivity contribution is 7.89. The summed E-state index contributed by atoms with van der Waals surface area (Å²) < 4.78 is 34.5. The average molecular weight is 410 g/mol. The van der Waals surface area contributed by atoms with Crippen molar-refractivity contribution in [1.29, 1.82) is 0 Å². The molecular formula is C17H27N7O3S. The van der Waals surface area contributed by atoms with Gasteiger partial charge in [-0.1, -0.05) is 0 Å². The standard InChI is InChI=1S/C17H27N7O3S/c1-4-23-12-16(21-14(23)3)28(25,26)19-6-5-18-17-20-13(2)11-15(22-17)24-7-9-27-10-8-24/h11-12,19H,4-10H2,1-3H3,(H,18,20,22). The molecule has 1 aliphatic heterocycles. The average Bonchev–Trinajstić information content (AvgIpc) is 3.07. The summed E-state index contributed by atoms with van der Waals surface area (Å²) >= 11 is 0. The molecule has 0 aromatic carbocycles. The third-order valence-corrected chi connectivity index (χ3v) is 5.78. The number of ether oxygens (including phenoxy) is 1. The van der Waals surface area contributed by atoms with E-state index in [-0.39, 0.29) is 11.6 Å². The summed E-state index contributed by atoms with van der Waals surface area (Å²) in [6.07, 6.45) is 1.55. The Kier molecular flexibility index (Phi) is 6.47. The number of rotatable bonds is 8. The van der Waals surface area contributed by atoms with E-state index >= 15 is 0 Å². The zero-order valence-corrected chi connectivity index (χ0v) is 17.3. The van der Waals surface area contributed by atoms with E-state index in [1.807, 2.05) is 19.9 Å². The predicted molar refractivity (Wildman–Crippen MR) is 106 cm³/mol. The van der Waals surface area contributed by atoms with Crippen molar-refractivity contribution in [1.82, 2.24) is 24.2 Å². The minimum atomic E-state index is -3.64. The second-order valence-electron chi connectivity index (χ2n) is 6.53. The minimum Gasteiger partial charge on any atom is -0.378 e. The van der Waals surface area contributed by atoms with Crippen molar-refractivity contribution >= 4 is 21.8 Å².